The lowest BCUT2D eigenvalue weighted by Crippen LogP contribution is -2.05. The first-order chi connectivity index (χ1) is 9.61. The van der Waals surface area contributed by atoms with Crippen LogP contribution >= 0.6 is 11.6 Å². The Balaban J connectivity index is 2.15. The maximum absolute atomic E-state index is 11.1. The van der Waals surface area contributed by atoms with E-state index in [0.717, 1.165) is 18.5 Å². The van der Waals surface area contributed by atoms with Crippen molar-refractivity contribution in [2.75, 3.05) is 0 Å². The summed E-state index contributed by atoms with van der Waals surface area (Å²) in [4.78, 5) is 11.1. The van der Waals surface area contributed by atoms with Crippen molar-refractivity contribution >= 4 is 17.6 Å². The molecule has 20 heavy (non-hydrogen) atoms. The highest BCUT2D eigenvalue weighted by atomic mass is 35.5. The van der Waals surface area contributed by atoms with Crippen molar-refractivity contribution in [1.29, 1.82) is 5.26 Å². The summed E-state index contributed by atoms with van der Waals surface area (Å²) in [5.41, 5.74) is 1.58. The van der Waals surface area contributed by atoms with E-state index in [9.17, 15) is 4.79 Å². The zero-order valence-electron chi connectivity index (χ0n) is 10.2. The molecule has 6 nitrogen and oxygen atoms in total. The van der Waals surface area contributed by atoms with Crippen molar-refractivity contribution in [3.05, 3.63) is 40.2 Å². The summed E-state index contributed by atoms with van der Waals surface area (Å²) in [6.07, 6.45) is 1.98. The Morgan fingerprint density at radius 1 is 1.50 bits per heavy atom. The molecule has 7 heteroatoms. The molecule has 1 aromatic heterocycles. The van der Waals surface area contributed by atoms with E-state index in [1.807, 2.05) is 6.07 Å². The second-order valence-electron chi connectivity index (χ2n) is 4.59. The van der Waals surface area contributed by atoms with Crippen molar-refractivity contribution in [3.8, 4) is 11.8 Å². The van der Waals surface area contributed by atoms with E-state index < -0.39 is 5.97 Å². The fourth-order valence-corrected chi connectivity index (χ4v) is 2.29. The van der Waals surface area contributed by atoms with Gasteiger partial charge in [0, 0.05) is 5.92 Å². The smallest absolute Gasteiger partial charge is 0.337 e. The molecule has 1 heterocycles. The number of hydrogen-bond donors (Lipinski definition) is 1. The summed E-state index contributed by atoms with van der Waals surface area (Å²) >= 11 is 5.85. The van der Waals surface area contributed by atoms with Crippen LogP contribution in [-0.4, -0.2) is 26.1 Å². The van der Waals surface area contributed by atoms with Gasteiger partial charge < -0.3 is 5.11 Å². The average Bonchev–Trinajstić information content (AvgIpc) is 3.18. The van der Waals surface area contributed by atoms with Crippen LogP contribution in [0.1, 0.15) is 40.5 Å². The number of hydrogen-bond acceptors (Lipinski definition) is 4. The summed E-state index contributed by atoms with van der Waals surface area (Å²) in [5.74, 6) is -0.839. The van der Waals surface area contributed by atoms with Gasteiger partial charge in [-0.15, -0.1) is 5.10 Å². The molecule has 0 saturated heterocycles. The lowest BCUT2D eigenvalue weighted by Gasteiger charge is -2.07. The molecule has 0 unspecified atom stereocenters. The van der Waals surface area contributed by atoms with Gasteiger partial charge in [0.2, 0.25) is 0 Å². The molecule has 1 aliphatic rings. The van der Waals surface area contributed by atoms with Crippen LogP contribution < -0.4 is 0 Å². The van der Waals surface area contributed by atoms with E-state index in [1.54, 1.807) is 6.07 Å². The Bertz CT molecular complexity index is 743. The van der Waals surface area contributed by atoms with Crippen molar-refractivity contribution in [3.63, 3.8) is 0 Å². The van der Waals surface area contributed by atoms with Gasteiger partial charge in [-0.3, -0.25) is 0 Å². The van der Waals surface area contributed by atoms with Gasteiger partial charge in [-0.1, -0.05) is 16.8 Å². The van der Waals surface area contributed by atoms with Crippen molar-refractivity contribution in [2.24, 2.45) is 0 Å². The number of carboxylic acid groups (broad SMARTS) is 1. The van der Waals surface area contributed by atoms with E-state index in [4.69, 9.17) is 22.0 Å². The quantitative estimate of drug-likeness (QED) is 0.936. The summed E-state index contributed by atoms with van der Waals surface area (Å²) in [7, 11) is 0. The van der Waals surface area contributed by atoms with Gasteiger partial charge in [-0.25, -0.2) is 9.48 Å². The zero-order chi connectivity index (χ0) is 14.3. The molecule has 1 N–H and O–H groups in total. The minimum Gasteiger partial charge on any atom is -0.478 e. The number of nitrogens with zero attached hydrogens (tertiary/aromatic N) is 4. The maximum Gasteiger partial charge on any atom is 0.337 e. The van der Waals surface area contributed by atoms with E-state index in [2.05, 4.69) is 10.3 Å². The molecule has 1 aromatic carbocycles. The van der Waals surface area contributed by atoms with Gasteiger partial charge in [0.15, 0.2) is 5.69 Å². The Labute approximate surface area is 119 Å². The number of aromatic nitrogens is 3. The van der Waals surface area contributed by atoms with Crippen LogP contribution in [0.25, 0.3) is 5.69 Å². The summed E-state index contributed by atoms with van der Waals surface area (Å²) < 4.78 is 1.53. The molecule has 3 rings (SSSR count). The molecule has 2 aromatic rings. The van der Waals surface area contributed by atoms with E-state index in [-0.39, 0.29) is 16.5 Å². The van der Waals surface area contributed by atoms with Crippen LogP contribution in [0.3, 0.4) is 0 Å². The average molecular weight is 289 g/mol. The normalized spacial score (nSPS) is 14.0. The van der Waals surface area contributed by atoms with Crippen LogP contribution in [0.4, 0.5) is 0 Å². The first-order valence-corrected chi connectivity index (χ1v) is 6.38. The molecular weight excluding hydrogens is 280 g/mol. The number of halogens is 1. The van der Waals surface area contributed by atoms with E-state index in [0.29, 0.717) is 11.4 Å². The second kappa shape index (κ2) is 4.62. The van der Waals surface area contributed by atoms with E-state index in [1.165, 1.54) is 16.8 Å². The minimum atomic E-state index is -1.11. The predicted molar refractivity (Wildman–Crippen MR) is 70.0 cm³/mol. The van der Waals surface area contributed by atoms with Crippen molar-refractivity contribution in [1.82, 2.24) is 15.0 Å². The standard InChI is InChI=1S/C13H9ClN4O2/c14-10-4-3-8(5-9(10)13(19)20)18-12(7-1-2-7)11(6-15)16-17-18/h3-5,7H,1-2H2,(H,19,20). The molecule has 0 atom stereocenters. The van der Waals surface area contributed by atoms with E-state index >= 15 is 0 Å². The van der Waals surface area contributed by atoms with Gasteiger partial charge in [-0.05, 0) is 31.0 Å². The number of rotatable bonds is 3. The molecule has 1 saturated carbocycles. The highest BCUT2D eigenvalue weighted by molar-refractivity contribution is 6.33. The third-order valence-electron chi connectivity index (χ3n) is 3.20. The third kappa shape index (κ3) is 2.02. The highest BCUT2D eigenvalue weighted by Crippen LogP contribution is 2.41. The zero-order valence-corrected chi connectivity index (χ0v) is 11.0. The van der Waals surface area contributed by atoms with Crippen LogP contribution in [0, 0.1) is 11.3 Å². The van der Waals surface area contributed by atoms with Crippen LogP contribution in [-0.2, 0) is 0 Å². The summed E-state index contributed by atoms with van der Waals surface area (Å²) in [5, 5.41) is 26.1. The minimum absolute atomic E-state index is 0.0000729. The number of benzene rings is 1. The predicted octanol–water partition coefficient (Wildman–Crippen LogP) is 2.37. The molecule has 100 valence electrons. The lowest BCUT2D eigenvalue weighted by atomic mass is 10.2. The Hall–Kier alpha value is -2.39. The number of carbonyl (C=O) groups is 1. The number of carboxylic acids is 1. The molecule has 0 bridgehead atoms. The first-order valence-electron chi connectivity index (χ1n) is 6.00. The molecule has 1 fully saturated rings. The maximum atomic E-state index is 11.1. The van der Waals surface area contributed by atoms with Crippen LogP contribution in [0.5, 0.6) is 0 Å². The van der Waals surface area contributed by atoms with Gasteiger partial charge in [0.05, 0.1) is 22.0 Å². The Kier molecular flexibility index (Phi) is 2.92. The molecule has 0 aliphatic heterocycles. The van der Waals surface area contributed by atoms with Gasteiger partial charge >= 0.3 is 5.97 Å². The molecule has 0 spiro atoms. The number of aromatic carboxylic acids is 1. The Morgan fingerprint density at radius 2 is 2.25 bits per heavy atom. The SMILES string of the molecule is N#Cc1nnn(-c2ccc(Cl)c(C(=O)O)c2)c1C1CC1. The second-order valence-corrected chi connectivity index (χ2v) is 5.00. The van der Waals surface area contributed by atoms with Crippen LogP contribution in [0.2, 0.25) is 5.02 Å². The fraction of sp³-hybridized carbons (Fsp3) is 0.231. The molecule has 0 radical (unpaired) electrons. The Morgan fingerprint density at radius 3 is 2.85 bits per heavy atom. The number of nitriles is 1. The van der Waals surface area contributed by atoms with Gasteiger partial charge in [0.1, 0.15) is 6.07 Å². The summed E-state index contributed by atoms with van der Waals surface area (Å²) in [6, 6.07) is 6.62. The lowest BCUT2D eigenvalue weighted by molar-refractivity contribution is 0.0697. The largest absolute Gasteiger partial charge is 0.478 e. The topological polar surface area (TPSA) is 91.8 Å². The molecule has 1 aliphatic carbocycles. The van der Waals surface area contributed by atoms with Gasteiger partial charge in [-0.2, -0.15) is 5.26 Å². The third-order valence-corrected chi connectivity index (χ3v) is 3.53. The molecule has 0 amide bonds. The van der Waals surface area contributed by atoms with Gasteiger partial charge in [0.25, 0.3) is 0 Å². The van der Waals surface area contributed by atoms with Crippen LogP contribution in [0.15, 0.2) is 18.2 Å². The highest BCUT2D eigenvalue weighted by Gasteiger charge is 2.32. The monoisotopic (exact) mass is 288 g/mol. The van der Waals surface area contributed by atoms with Crippen molar-refractivity contribution < 1.29 is 9.90 Å². The fourth-order valence-electron chi connectivity index (χ4n) is 2.09. The summed E-state index contributed by atoms with van der Waals surface area (Å²) in [6.45, 7) is 0. The first kappa shape index (κ1) is 12.6. The van der Waals surface area contributed by atoms with Crippen molar-refractivity contribution in [2.45, 2.75) is 18.8 Å². The molecular formula is C13H9ClN4O2.